The molecule has 0 fully saturated rings. The molecule has 3 heteroatoms. The van der Waals surface area contributed by atoms with E-state index in [2.05, 4.69) is 11.7 Å². The highest BCUT2D eigenvalue weighted by Crippen LogP contribution is 2.08. The van der Waals surface area contributed by atoms with E-state index in [0.717, 1.165) is 12.2 Å². The molecule has 0 unspecified atom stereocenters. The molecule has 0 saturated carbocycles. The standard InChI is InChI=1S/C8H13O2S/c1-4-5-11-6-7(2)8(9)10-3/h6H,1,4-5H2,2-3H3. The van der Waals surface area contributed by atoms with Gasteiger partial charge in [0, 0.05) is 5.57 Å². The third kappa shape index (κ3) is 4.90. The summed E-state index contributed by atoms with van der Waals surface area (Å²) in [5.74, 6) is 0.676. The van der Waals surface area contributed by atoms with Crippen LogP contribution in [0.25, 0.3) is 0 Å². The molecular formula is C8H13O2S. The summed E-state index contributed by atoms with van der Waals surface area (Å²) in [7, 11) is 1.38. The number of carbonyl (C=O) groups is 1. The fourth-order valence-corrected chi connectivity index (χ4v) is 1.11. The first-order valence-electron chi connectivity index (χ1n) is 3.38. The molecule has 1 radical (unpaired) electrons. The lowest BCUT2D eigenvalue weighted by molar-refractivity contribution is -0.136. The second-order valence-electron chi connectivity index (χ2n) is 2.02. The summed E-state index contributed by atoms with van der Waals surface area (Å²) in [5.41, 5.74) is 0.644. The second kappa shape index (κ2) is 6.28. The van der Waals surface area contributed by atoms with Crippen LogP contribution < -0.4 is 0 Å². The highest BCUT2D eigenvalue weighted by molar-refractivity contribution is 8.02. The minimum absolute atomic E-state index is 0.262. The fraction of sp³-hybridized carbons (Fsp3) is 0.500. The van der Waals surface area contributed by atoms with Crippen molar-refractivity contribution in [2.75, 3.05) is 12.9 Å². The largest absolute Gasteiger partial charge is 0.466 e. The average molecular weight is 173 g/mol. The molecule has 0 aromatic rings. The molecule has 0 aromatic heterocycles. The maximum absolute atomic E-state index is 10.8. The van der Waals surface area contributed by atoms with Crippen LogP contribution in [0.3, 0.4) is 0 Å². The molecule has 0 aliphatic carbocycles. The Morgan fingerprint density at radius 2 is 2.36 bits per heavy atom. The highest BCUT2D eigenvalue weighted by atomic mass is 32.2. The van der Waals surface area contributed by atoms with Gasteiger partial charge in [0.25, 0.3) is 0 Å². The van der Waals surface area contributed by atoms with E-state index in [1.807, 2.05) is 0 Å². The Morgan fingerprint density at radius 3 is 2.82 bits per heavy atom. The van der Waals surface area contributed by atoms with Crippen LogP contribution in [0.5, 0.6) is 0 Å². The zero-order chi connectivity index (χ0) is 8.69. The molecule has 0 amide bonds. The van der Waals surface area contributed by atoms with Crippen LogP contribution >= 0.6 is 11.8 Å². The maximum atomic E-state index is 10.8. The number of methoxy groups -OCH3 is 1. The van der Waals surface area contributed by atoms with Crippen molar-refractivity contribution in [3.05, 3.63) is 17.9 Å². The Balaban J connectivity index is 3.71. The summed E-state index contributed by atoms with van der Waals surface area (Å²) in [6, 6.07) is 0. The maximum Gasteiger partial charge on any atom is 0.333 e. The minimum atomic E-state index is -0.262. The first kappa shape index (κ1) is 10.6. The van der Waals surface area contributed by atoms with Crippen molar-refractivity contribution in [3.8, 4) is 0 Å². The Labute approximate surface area is 72.0 Å². The van der Waals surface area contributed by atoms with Crippen LogP contribution in [0.4, 0.5) is 0 Å². The van der Waals surface area contributed by atoms with Crippen LogP contribution in [-0.4, -0.2) is 18.8 Å². The molecule has 0 bridgehead atoms. The zero-order valence-corrected chi connectivity index (χ0v) is 7.74. The summed E-state index contributed by atoms with van der Waals surface area (Å²) >= 11 is 1.58. The van der Waals surface area contributed by atoms with Gasteiger partial charge in [0.1, 0.15) is 0 Å². The van der Waals surface area contributed by atoms with Crippen molar-refractivity contribution in [2.24, 2.45) is 0 Å². The third-order valence-electron chi connectivity index (χ3n) is 1.03. The first-order chi connectivity index (χ1) is 5.22. The monoisotopic (exact) mass is 173 g/mol. The van der Waals surface area contributed by atoms with Crippen molar-refractivity contribution in [3.63, 3.8) is 0 Å². The van der Waals surface area contributed by atoms with E-state index in [0.29, 0.717) is 5.57 Å². The molecule has 0 aromatic carbocycles. The van der Waals surface area contributed by atoms with Crippen molar-refractivity contribution in [1.29, 1.82) is 0 Å². The molecule has 11 heavy (non-hydrogen) atoms. The normalized spacial score (nSPS) is 11.4. The van der Waals surface area contributed by atoms with Gasteiger partial charge in [0.15, 0.2) is 0 Å². The van der Waals surface area contributed by atoms with Gasteiger partial charge >= 0.3 is 5.97 Å². The van der Waals surface area contributed by atoms with E-state index in [-0.39, 0.29) is 5.97 Å². The Hall–Kier alpha value is -0.440. The van der Waals surface area contributed by atoms with Gasteiger partial charge < -0.3 is 4.74 Å². The van der Waals surface area contributed by atoms with E-state index in [1.165, 1.54) is 7.11 Å². The smallest absolute Gasteiger partial charge is 0.333 e. The number of hydrogen-bond donors (Lipinski definition) is 0. The van der Waals surface area contributed by atoms with E-state index in [9.17, 15) is 4.79 Å². The quantitative estimate of drug-likeness (QED) is 0.369. The summed E-state index contributed by atoms with van der Waals surface area (Å²) in [6.07, 6.45) is 0.871. The molecular weight excluding hydrogens is 160 g/mol. The predicted molar refractivity (Wildman–Crippen MR) is 48.2 cm³/mol. The van der Waals surface area contributed by atoms with Crippen LogP contribution in [0.1, 0.15) is 13.3 Å². The summed E-state index contributed by atoms with van der Waals surface area (Å²) in [6.45, 7) is 5.42. The van der Waals surface area contributed by atoms with Gasteiger partial charge in [-0.1, -0.05) is 6.92 Å². The molecule has 63 valence electrons. The van der Waals surface area contributed by atoms with Gasteiger partial charge in [-0.3, -0.25) is 0 Å². The van der Waals surface area contributed by atoms with Gasteiger partial charge in [-0.25, -0.2) is 4.79 Å². The van der Waals surface area contributed by atoms with Gasteiger partial charge in [0.2, 0.25) is 0 Å². The lowest BCUT2D eigenvalue weighted by Gasteiger charge is -1.97. The third-order valence-corrected chi connectivity index (χ3v) is 2.07. The molecule has 0 aliphatic heterocycles. The van der Waals surface area contributed by atoms with Crippen molar-refractivity contribution in [1.82, 2.24) is 0 Å². The lowest BCUT2D eigenvalue weighted by atomic mass is 10.4. The average Bonchev–Trinajstić information content (AvgIpc) is 2.03. The predicted octanol–water partition coefficient (Wildman–Crippen LogP) is 2.02. The SMILES string of the molecule is [CH2]CCSC=C(C)C(=O)OC. The molecule has 0 heterocycles. The molecule has 0 spiro atoms. The molecule has 0 aliphatic rings. The number of carbonyl (C=O) groups excluding carboxylic acids is 1. The van der Waals surface area contributed by atoms with Crippen molar-refractivity contribution in [2.45, 2.75) is 13.3 Å². The van der Waals surface area contributed by atoms with Crippen molar-refractivity contribution >= 4 is 17.7 Å². The Morgan fingerprint density at radius 1 is 1.73 bits per heavy atom. The van der Waals surface area contributed by atoms with Gasteiger partial charge in [-0.2, -0.15) is 0 Å². The number of thioether (sulfide) groups is 1. The fourth-order valence-electron chi connectivity index (χ4n) is 0.476. The van der Waals surface area contributed by atoms with Crippen LogP contribution in [0.15, 0.2) is 11.0 Å². The molecule has 0 N–H and O–H groups in total. The van der Waals surface area contributed by atoms with Crippen LogP contribution in [-0.2, 0) is 9.53 Å². The number of rotatable bonds is 4. The van der Waals surface area contributed by atoms with Crippen molar-refractivity contribution < 1.29 is 9.53 Å². The Bertz CT molecular complexity index is 152. The Kier molecular flexibility index (Phi) is 6.03. The summed E-state index contributed by atoms with van der Waals surface area (Å²) in [4.78, 5) is 10.8. The number of ether oxygens (including phenoxy) is 1. The van der Waals surface area contributed by atoms with Crippen LogP contribution in [0, 0.1) is 6.92 Å². The molecule has 0 atom stereocenters. The minimum Gasteiger partial charge on any atom is -0.466 e. The zero-order valence-electron chi connectivity index (χ0n) is 6.92. The number of esters is 1. The molecule has 0 rings (SSSR count). The lowest BCUT2D eigenvalue weighted by Crippen LogP contribution is -2.00. The van der Waals surface area contributed by atoms with Gasteiger partial charge in [-0.05, 0) is 24.5 Å². The highest BCUT2D eigenvalue weighted by Gasteiger charge is 2.00. The van der Waals surface area contributed by atoms with E-state index >= 15 is 0 Å². The van der Waals surface area contributed by atoms with E-state index in [4.69, 9.17) is 0 Å². The van der Waals surface area contributed by atoms with Gasteiger partial charge in [0.05, 0.1) is 7.11 Å². The molecule has 2 nitrogen and oxygen atoms in total. The van der Waals surface area contributed by atoms with E-state index < -0.39 is 0 Å². The first-order valence-corrected chi connectivity index (χ1v) is 4.43. The number of hydrogen-bond acceptors (Lipinski definition) is 3. The molecule has 0 saturated heterocycles. The van der Waals surface area contributed by atoms with Crippen LogP contribution in [0.2, 0.25) is 0 Å². The van der Waals surface area contributed by atoms with E-state index in [1.54, 1.807) is 24.1 Å². The summed E-state index contributed by atoms with van der Waals surface area (Å²) in [5, 5.41) is 1.80. The second-order valence-corrected chi connectivity index (χ2v) is 2.99. The summed E-state index contributed by atoms with van der Waals surface area (Å²) < 4.78 is 4.51. The van der Waals surface area contributed by atoms with Gasteiger partial charge in [-0.15, -0.1) is 11.8 Å². The topological polar surface area (TPSA) is 26.3 Å².